The highest BCUT2D eigenvalue weighted by atomic mass is 15.1. The number of rotatable bonds is 6. The number of benzene rings is 1. The summed E-state index contributed by atoms with van der Waals surface area (Å²) in [5, 5.41) is 0. The van der Waals surface area contributed by atoms with Gasteiger partial charge in [0.1, 0.15) is 0 Å². The van der Waals surface area contributed by atoms with Crippen molar-refractivity contribution in [1.29, 1.82) is 0 Å². The molecule has 1 aromatic carbocycles. The quantitative estimate of drug-likeness (QED) is 0.857. The van der Waals surface area contributed by atoms with Gasteiger partial charge in [0.15, 0.2) is 0 Å². The Morgan fingerprint density at radius 1 is 1.24 bits per heavy atom. The molecule has 0 radical (unpaired) electrons. The Morgan fingerprint density at radius 2 is 1.95 bits per heavy atom. The first-order valence-corrected chi connectivity index (χ1v) is 8.65. The summed E-state index contributed by atoms with van der Waals surface area (Å²) in [7, 11) is 0. The van der Waals surface area contributed by atoms with Crippen molar-refractivity contribution in [3.8, 4) is 0 Å². The van der Waals surface area contributed by atoms with E-state index in [1.807, 2.05) is 0 Å². The van der Waals surface area contributed by atoms with E-state index >= 15 is 0 Å². The van der Waals surface area contributed by atoms with Crippen molar-refractivity contribution >= 4 is 0 Å². The molecule has 2 nitrogen and oxygen atoms in total. The SMILES string of the molecule is CCC1CCCN(CC(N)c2ccc(CC(C)C)cc2)C1. The lowest BCUT2D eigenvalue weighted by Crippen LogP contribution is -2.39. The van der Waals surface area contributed by atoms with Crippen LogP contribution in [0.2, 0.25) is 0 Å². The molecule has 118 valence electrons. The molecule has 0 bridgehead atoms. The molecule has 2 N–H and O–H groups in total. The predicted octanol–water partition coefficient (Wildman–Crippen LogP) is 4.01. The van der Waals surface area contributed by atoms with E-state index < -0.39 is 0 Å². The first-order valence-electron chi connectivity index (χ1n) is 8.65. The maximum atomic E-state index is 6.42. The number of hydrogen-bond acceptors (Lipinski definition) is 2. The standard InChI is InChI=1S/C19H32N2/c1-4-16-6-5-11-21(13-16)14-19(20)18-9-7-17(8-10-18)12-15(2)3/h7-10,15-16,19H,4-6,11-14,20H2,1-3H3. The highest BCUT2D eigenvalue weighted by Gasteiger charge is 2.20. The highest BCUT2D eigenvalue weighted by molar-refractivity contribution is 5.25. The molecule has 2 heteroatoms. The molecule has 0 aromatic heterocycles. The van der Waals surface area contributed by atoms with Gasteiger partial charge in [0.25, 0.3) is 0 Å². The van der Waals surface area contributed by atoms with E-state index in [1.54, 1.807) is 0 Å². The molecular weight excluding hydrogens is 256 g/mol. The van der Waals surface area contributed by atoms with Gasteiger partial charge in [0, 0.05) is 19.1 Å². The van der Waals surface area contributed by atoms with Gasteiger partial charge in [-0.25, -0.2) is 0 Å². The summed E-state index contributed by atoms with van der Waals surface area (Å²) in [6, 6.07) is 9.10. The second-order valence-electron chi connectivity index (χ2n) is 7.12. The topological polar surface area (TPSA) is 29.3 Å². The molecule has 1 fully saturated rings. The third kappa shape index (κ3) is 5.12. The molecule has 21 heavy (non-hydrogen) atoms. The van der Waals surface area contributed by atoms with Crippen molar-refractivity contribution < 1.29 is 0 Å². The van der Waals surface area contributed by atoms with Crippen LogP contribution in [-0.4, -0.2) is 24.5 Å². The van der Waals surface area contributed by atoms with Crippen LogP contribution in [0.15, 0.2) is 24.3 Å². The molecule has 0 spiro atoms. The summed E-state index contributed by atoms with van der Waals surface area (Å²) in [6.45, 7) is 10.3. The average Bonchev–Trinajstić information content (AvgIpc) is 2.47. The van der Waals surface area contributed by atoms with Crippen LogP contribution in [0.25, 0.3) is 0 Å². The molecule has 2 atom stereocenters. The maximum Gasteiger partial charge on any atom is 0.0424 e. The Labute approximate surface area is 130 Å². The monoisotopic (exact) mass is 288 g/mol. The highest BCUT2D eigenvalue weighted by Crippen LogP contribution is 2.22. The van der Waals surface area contributed by atoms with Gasteiger partial charge in [-0.3, -0.25) is 0 Å². The molecule has 0 aliphatic carbocycles. The van der Waals surface area contributed by atoms with Crippen molar-refractivity contribution in [2.45, 2.75) is 52.5 Å². The average molecular weight is 288 g/mol. The van der Waals surface area contributed by atoms with E-state index in [9.17, 15) is 0 Å². The normalized spacial score (nSPS) is 21.7. The Hall–Kier alpha value is -0.860. The number of hydrogen-bond donors (Lipinski definition) is 1. The zero-order valence-corrected chi connectivity index (χ0v) is 14.0. The summed E-state index contributed by atoms with van der Waals surface area (Å²) >= 11 is 0. The van der Waals surface area contributed by atoms with Gasteiger partial charge in [-0.15, -0.1) is 0 Å². The minimum absolute atomic E-state index is 0.147. The Morgan fingerprint density at radius 3 is 2.57 bits per heavy atom. The lowest BCUT2D eigenvalue weighted by Gasteiger charge is -2.34. The van der Waals surface area contributed by atoms with Crippen molar-refractivity contribution in [2.75, 3.05) is 19.6 Å². The fraction of sp³-hybridized carbons (Fsp3) is 0.684. The lowest BCUT2D eigenvalue weighted by molar-refractivity contribution is 0.163. The van der Waals surface area contributed by atoms with Gasteiger partial charge in [0.05, 0.1) is 0 Å². The van der Waals surface area contributed by atoms with Crippen molar-refractivity contribution in [3.63, 3.8) is 0 Å². The molecule has 2 rings (SSSR count). The van der Waals surface area contributed by atoms with Crippen LogP contribution < -0.4 is 5.73 Å². The van der Waals surface area contributed by atoms with Crippen LogP contribution in [0.5, 0.6) is 0 Å². The third-order valence-corrected chi connectivity index (χ3v) is 4.69. The minimum atomic E-state index is 0.147. The smallest absolute Gasteiger partial charge is 0.0424 e. The lowest BCUT2D eigenvalue weighted by atomic mass is 9.94. The van der Waals surface area contributed by atoms with Crippen LogP contribution in [0, 0.1) is 11.8 Å². The van der Waals surface area contributed by atoms with Gasteiger partial charge in [-0.05, 0) is 48.8 Å². The number of piperidine rings is 1. The zero-order chi connectivity index (χ0) is 15.2. The van der Waals surface area contributed by atoms with Gasteiger partial charge < -0.3 is 10.6 Å². The van der Waals surface area contributed by atoms with Crippen LogP contribution >= 0.6 is 0 Å². The second-order valence-corrected chi connectivity index (χ2v) is 7.12. The van der Waals surface area contributed by atoms with Crippen molar-refractivity contribution in [3.05, 3.63) is 35.4 Å². The number of likely N-dealkylation sites (tertiary alicyclic amines) is 1. The molecular formula is C19H32N2. The largest absolute Gasteiger partial charge is 0.323 e. The first-order chi connectivity index (χ1) is 10.1. The molecule has 1 saturated heterocycles. The van der Waals surface area contributed by atoms with Crippen LogP contribution in [0.4, 0.5) is 0 Å². The third-order valence-electron chi connectivity index (χ3n) is 4.69. The van der Waals surface area contributed by atoms with E-state index in [4.69, 9.17) is 5.73 Å². The molecule has 1 heterocycles. The van der Waals surface area contributed by atoms with Crippen LogP contribution in [0.3, 0.4) is 0 Å². The van der Waals surface area contributed by atoms with Gasteiger partial charge >= 0.3 is 0 Å². The Bertz CT molecular complexity index is 410. The summed E-state index contributed by atoms with van der Waals surface area (Å²) in [6.07, 6.45) is 5.18. The van der Waals surface area contributed by atoms with E-state index in [0.717, 1.165) is 18.9 Å². The van der Waals surface area contributed by atoms with E-state index in [0.29, 0.717) is 5.92 Å². The molecule has 0 amide bonds. The van der Waals surface area contributed by atoms with Gasteiger partial charge in [0.2, 0.25) is 0 Å². The molecule has 1 aliphatic rings. The molecule has 0 saturated carbocycles. The summed E-state index contributed by atoms with van der Waals surface area (Å²) in [5.41, 5.74) is 9.12. The fourth-order valence-corrected chi connectivity index (χ4v) is 3.41. The van der Waals surface area contributed by atoms with Crippen LogP contribution in [-0.2, 0) is 6.42 Å². The summed E-state index contributed by atoms with van der Waals surface area (Å²) in [5.74, 6) is 1.59. The number of nitrogens with two attached hydrogens (primary N) is 1. The second kappa shape index (κ2) is 7.95. The van der Waals surface area contributed by atoms with E-state index in [2.05, 4.69) is 49.9 Å². The summed E-state index contributed by atoms with van der Waals surface area (Å²) in [4.78, 5) is 2.56. The van der Waals surface area contributed by atoms with Gasteiger partial charge in [-0.1, -0.05) is 51.5 Å². The van der Waals surface area contributed by atoms with Crippen LogP contribution in [0.1, 0.15) is 57.2 Å². The Balaban J connectivity index is 1.89. The minimum Gasteiger partial charge on any atom is -0.323 e. The fourth-order valence-electron chi connectivity index (χ4n) is 3.41. The maximum absolute atomic E-state index is 6.42. The Kier molecular flexibility index (Phi) is 6.25. The van der Waals surface area contributed by atoms with E-state index in [1.165, 1.54) is 43.5 Å². The zero-order valence-electron chi connectivity index (χ0n) is 14.0. The first kappa shape index (κ1) is 16.5. The summed E-state index contributed by atoms with van der Waals surface area (Å²) < 4.78 is 0. The van der Waals surface area contributed by atoms with Gasteiger partial charge in [-0.2, -0.15) is 0 Å². The molecule has 1 aromatic rings. The predicted molar refractivity (Wildman–Crippen MR) is 91.4 cm³/mol. The van der Waals surface area contributed by atoms with E-state index in [-0.39, 0.29) is 6.04 Å². The van der Waals surface area contributed by atoms with Crippen molar-refractivity contribution in [2.24, 2.45) is 17.6 Å². The number of nitrogens with zero attached hydrogens (tertiary/aromatic N) is 1. The molecule has 1 aliphatic heterocycles. The van der Waals surface area contributed by atoms with Crippen molar-refractivity contribution in [1.82, 2.24) is 4.90 Å². The molecule has 2 unspecified atom stereocenters.